The molecule has 8 heteroatoms. The van der Waals surface area contributed by atoms with E-state index in [9.17, 15) is 0 Å². The second-order valence-corrected chi connectivity index (χ2v) is 3.65. The topological polar surface area (TPSA) is 87.2 Å². The highest BCUT2D eigenvalue weighted by Crippen LogP contribution is 2.05. The standard InChI is InChI=1S/C10H14N8/c1-3-17-9(11-13-15-17)7-5-6-8-10-12-14-16-18(10)4-2/h3-4H,1-2,5-8H2. The molecular formula is C10H14N8. The van der Waals surface area contributed by atoms with Crippen LogP contribution in [0.1, 0.15) is 24.5 Å². The summed E-state index contributed by atoms with van der Waals surface area (Å²) in [6.45, 7) is 7.27. The van der Waals surface area contributed by atoms with E-state index in [4.69, 9.17) is 0 Å². The van der Waals surface area contributed by atoms with Crippen LogP contribution >= 0.6 is 0 Å². The Bertz CT molecular complexity index is 477. The summed E-state index contributed by atoms with van der Waals surface area (Å²) in [4.78, 5) is 0. The van der Waals surface area contributed by atoms with Gasteiger partial charge in [0, 0.05) is 25.2 Å². The molecule has 0 aliphatic rings. The van der Waals surface area contributed by atoms with Crippen molar-refractivity contribution in [3.8, 4) is 0 Å². The molecule has 0 radical (unpaired) electrons. The molecule has 0 bridgehead atoms. The molecule has 0 spiro atoms. The van der Waals surface area contributed by atoms with Crippen LogP contribution in [0.2, 0.25) is 0 Å². The first kappa shape index (κ1) is 12.1. The van der Waals surface area contributed by atoms with E-state index < -0.39 is 0 Å². The van der Waals surface area contributed by atoms with Crippen LogP contribution in [0.4, 0.5) is 0 Å². The van der Waals surface area contributed by atoms with E-state index in [1.165, 1.54) is 0 Å². The van der Waals surface area contributed by atoms with E-state index in [0.29, 0.717) is 0 Å². The van der Waals surface area contributed by atoms with Crippen LogP contribution in [0.25, 0.3) is 12.4 Å². The maximum atomic E-state index is 3.92. The summed E-state index contributed by atoms with van der Waals surface area (Å²) in [6, 6.07) is 0. The molecule has 0 saturated heterocycles. The summed E-state index contributed by atoms with van der Waals surface area (Å²) in [5.41, 5.74) is 0. The lowest BCUT2D eigenvalue weighted by molar-refractivity contribution is 0.666. The number of aromatic nitrogens is 8. The van der Waals surface area contributed by atoms with Gasteiger partial charge in [-0.15, -0.1) is 10.2 Å². The van der Waals surface area contributed by atoms with Crippen molar-refractivity contribution in [2.75, 3.05) is 0 Å². The largest absolute Gasteiger partial charge is 0.205 e. The SMILES string of the molecule is C=Cn1nnnc1CCCCc1nnnn1C=C. The van der Waals surface area contributed by atoms with Crippen LogP contribution in [-0.2, 0) is 12.8 Å². The Kier molecular flexibility index (Phi) is 3.90. The molecule has 2 aromatic rings. The average molecular weight is 246 g/mol. The second-order valence-electron chi connectivity index (χ2n) is 3.65. The molecule has 0 fully saturated rings. The smallest absolute Gasteiger partial charge is 0.155 e. The predicted molar refractivity (Wildman–Crippen MR) is 65.1 cm³/mol. The fourth-order valence-corrected chi connectivity index (χ4v) is 1.60. The zero-order valence-electron chi connectivity index (χ0n) is 9.98. The van der Waals surface area contributed by atoms with Crippen LogP contribution in [0, 0.1) is 0 Å². The molecule has 0 aliphatic heterocycles. The fourth-order valence-electron chi connectivity index (χ4n) is 1.60. The highest BCUT2D eigenvalue weighted by Gasteiger charge is 2.05. The molecule has 94 valence electrons. The van der Waals surface area contributed by atoms with Crippen LogP contribution in [0.3, 0.4) is 0 Å². The minimum Gasteiger partial charge on any atom is -0.205 e. The summed E-state index contributed by atoms with van der Waals surface area (Å²) in [7, 11) is 0. The number of aryl methyl sites for hydroxylation is 2. The molecule has 8 nitrogen and oxygen atoms in total. The molecule has 0 aliphatic carbocycles. The van der Waals surface area contributed by atoms with E-state index in [1.54, 1.807) is 21.8 Å². The first-order chi connectivity index (χ1) is 8.85. The van der Waals surface area contributed by atoms with E-state index in [-0.39, 0.29) is 0 Å². The number of hydrogen-bond donors (Lipinski definition) is 0. The van der Waals surface area contributed by atoms with E-state index in [2.05, 4.69) is 44.2 Å². The lowest BCUT2D eigenvalue weighted by Gasteiger charge is -2.00. The third-order valence-corrected chi connectivity index (χ3v) is 2.52. The van der Waals surface area contributed by atoms with Crippen molar-refractivity contribution < 1.29 is 0 Å². The Morgan fingerprint density at radius 2 is 1.28 bits per heavy atom. The Balaban J connectivity index is 1.80. The van der Waals surface area contributed by atoms with Crippen molar-refractivity contribution in [1.82, 2.24) is 40.4 Å². The summed E-state index contributed by atoms with van der Waals surface area (Å²) >= 11 is 0. The minimum absolute atomic E-state index is 0.800. The number of hydrogen-bond acceptors (Lipinski definition) is 6. The van der Waals surface area contributed by atoms with Gasteiger partial charge in [0.25, 0.3) is 0 Å². The zero-order valence-corrected chi connectivity index (χ0v) is 9.98. The molecule has 2 rings (SSSR count). The van der Waals surface area contributed by atoms with Gasteiger partial charge in [-0.05, 0) is 33.7 Å². The predicted octanol–water partition coefficient (Wildman–Crippen LogP) is 0.426. The van der Waals surface area contributed by atoms with Crippen molar-refractivity contribution >= 4 is 12.4 Å². The van der Waals surface area contributed by atoms with Crippen molar-refractivity contribution in [3.63, 3.8) is 0 Å². The Labute approximate surface area is 104 Å². The lowest BCUT2D eigenvalue weighted by atomic mass is 10.2. The van der Waals surface area contributed by atoms with Gasteiger partial charge in [-0.2, -0.15) is 0 Å². The normalized spacial score (nSPS) is 10.4. The summed E-state index contributed by atoms with van der Waals surface area (Å²) in [5.74, 6) is 1.63. The molecule has 0 N–H and O–H groups in total. The molecule has 2 aromatic heterocycles. The molecule has 0 saturated carbocycles. The average Bonchev–Trinajstić information content (AvgIpc) is 3.02. The van der Waals surface area contributed by atoms with Crippen molar-refractivity contribution in [1.29, 1.82) is 0 Å². The lowest BCUT2D eigenvalue weighted by Crippen LogP contribution is -2.01. The molecule has 0 aromatic carbocycles. The van der Waals surface area contributed by atoms with Crippen LogP contribution in [-0.4, -0.2) is 40.4 Å². The Morgan fingerprint density at radius 3 is 1.67 bits per heavy atom. The Morgan fingerprint density at radius 1 is 0.833 bits per heavy atom. The zero-order chi connectivity index (χ0) is 12.8. The number of unbranched alkanes of at least 4 members (excludes halogenated alkanes) is 1. The summed E-state index contributed by atoms with van der Waals surface area (Å²) < 4.78 is 3.15. The second kappa shape index (κ2) is 5.80. The van der Waals surface area contributed by atoms with Crippen molar-refractivity contribution in [2.45, 2.75) is 25.7 Å². The fraction of sp³-hybridized carbons (Fsp3) is 0.400. The highest BCUT2D eigenvalue weighted by atomic mass is 15.5. The first-order valence-electron chi connectivity index (χ1n) is 5.63. The van der Waals surface area contributed by atoms with E-state index in [1.807, 2.05) is 0 Å². The maximum absolute atomic E-state index is 3.92. The number of nitrogens with zero attached hydrogens (tertiary/aromatic N) is 8. The van der Waals surface area contributed by atoms with E-state index in [0.717, 1.165) is 37.3 Å². The van der Waals surface area contributed by atoms with Gasteiger partial charge in [0.15, 0.2) is 11.6 Å². The van der Waals surface area contributed by atoms with Crippen LogP contribution < -0.4 is 0 Å². The first-order valence-corrected chi connectivity index (χ1v) is 5.63. The van der Waals surface area contributed by atoms with Gasteiger partial charge >= 0.3 is 0 Å². The van der Waals surface area contributed by atoms with Crippen LogP contribution in [0.5, 0.6) is 0 Å². The Hall–Kier alpha value is -2.38. The van der Waals surface area contributed by atoms with Gasteiger partial charge in [0.2, 0.25) is 0 Å². The minimum atomic E-state index is 0.800. The van der Waals surface area contributed by atoms with E-state index >= 15 is 0 Å². The van der Waals surface area contributed by atoms with Crippen molar-refractivity contribution in [3.05, 3.63) is 24.8 Å². The van der Waals surface area contributed by atoms with Gasteiger partial charge in [-0.1, -0.05) is 13.2 Å². The number of rotatable bonds is 7. The third kappa shape index (κ3) is 2.65. The van der Waals surface area contributed by atoms with Gasteiger partial charge in [-0.3, -0.25) is 0 Å². The molecule has 0 amide bonds. The van der Waals surface area contributed by atoms with Crippen molar-refractivity contribution in [2.24, 2.45) is 0 Å². The van der Waals surface area contributed by atoms with Gasteiger partial charge in [0.1, 0.15) is 0 Å². The third-order valence-electron chi connectivity index (χ3n) is 2.52. The summed E-state index contributed by atoms with van der Waals surface area (Å²) in [5, 5.41) is 22.6. The van der Waals surface area contributed by atoms with Gasteiger partial charge in [0.05, 0.1) is 0 Å². The molecular weight excluding hydrogens is 232 g/mol. The molecule has 0 unspecified atom stereocenters. The quantitative estimate of drug-likeness (QED) is 0.658. The molecule has 18 heavy (non-hydrogen) atoms. The summed E-state index contributed by atoms with van der Waals surface area (Å²) in [6.07, 6.45) is 6.70. The maximum Gasteiger partial charge on any atom is 0.155 e. The highest BCUT2D eigenvalue weighted by molar-refractivity contribution is 5.15. The van der Waals surface area contributed by atoms with Gasteiger partial charge < -0.3 is 0 Å². The van der Waals surface area contributed by atoms with Crippen LogP contribution in [0.15, 0.2) is 13.2 Å². The molecule has 2 heterocycles. The van der Waals surface area contributed by atoms with Gasteiger partial charge in [-0.25, -0.2) is 9.36 Å². The number of tetrazole rings is 2. The monoisotopic (exact) mass is 246 g/mol. The molecule has 0 atom stereocenters.